The fraction of sp³-hybridized carbons (Fsp3) is 0.571. The lowest BCUT2D eigenvalue weighted by molar-refractivity contribution is 0.317. The van der Waals surface area contributed by atoms with Crippen molar-refractivity contribution < 1.29 is 4.74 Å². The van der Waals surface area contributed by atoms with Crippen molar-refractivity contribution in [3.8, 4) is 5.75 Å². The Balaban J connectivity index is 2.67. The highest BCUT2D eigenvalue weighted by Gasteiger charge is 2.06. The van der Waals surface area contributed by atoms with E-state index in [2.05, 4.69) is 26.1 Å². The topological polar surface area (TPSA) is 21.3 Å². The fourth-order valence-corrected chi connectivity index (χ4v) is 1.88. The fourth-order valence-electron chi connectivity index (χ4n) is 1.65. The Morgan fingerprint density at radius 1 is 1.24 bits per heavy atom. The molecule has 0 spiro atoms. The van der Waals surface area contributed by atoms with Gasteiger partial charge in [-0.1, -0.05) is 32.4 Å². The summed E-state index contributed by atoms with van der Waals surface area (Å²) in [5, 5.41) is 4.14. The van der Waals surface area contributed by atoms with Gasteiger partial charge < -0.3 is 10.1 Å². The molecule has 0 amide bonds. The minimum Gasteiger partial charge on any atom is -0.492 e. The highest BCUT2D eigenvalue weighted by molar-refractivity contribution is 6.32. The molecule has 1 N–H and O–H groups in total. The van der Waals surface area contributed by atoms with E-state index >= 15 is 0 Å². The first-order chi connectivity index (χ1) is 8.21. The zero-order valence-electron chi connectivity index (χ0n) is 10.9. The maximum Gasteiger partial charge on any atom is 0.138 e. The van der Waals surface area contributed by atoms with Crippen LogP contribution in [0.5, 0.6) is 5.75 Å². The second kappa shape index (κ2) is 7.44. The van der Waals surface area contributed by atoms with Crippen molar-refractivity contribution in [1.29, 1.82) is 0 Å². The van der Waals surface area contributed by atoms with Gasteiger partial charge in [0.1, 0.15) is 5.75 Å². The monoisotopic (exact) mass is 255 g/mol. The van der Waals surface area contributed by atoms with E-state index in [1.807, 2.05) is 18.2 Å². The quantitative estimate of drug-likeness (QED) is 0.761. The Morgan fingerprint density at radius 2 is 1.94 bits per heavy atom. The first-order valence-electron chi connectivity index (χ1n) is 6.40. The largest absolute Gasteiger partial charge is 0.492 e. The van der Waals surface area contributed by atoms with Crippen molar-refractivity contribution in [3.05, 3.63) is 23.2 Å². The molecule has 2 nitrogen and oxygen atoms in total. The van der Waals surface area contributed by atoms with Gasteiger partial charge >= 0.3 is 0 Å². The lowest BCUT2D eigenvalue weighted by Crippen LogP contribution is -2.16. The summed E-state index contributed by atoms with van der Waals surface area (Å²) in [5.74, 6) is 0.767. The summed E-state index contributed by atoms with van der Waals surface area (Å²) in [6, 6.07) is 6.40. The standard InChI is InChI=1S/C14H22ClNO/c1-4-9-17-14-8-7-12(10-13(14)15)16-11(5-2)6-3/h7-8,10-11,16H,4-6,9H2,1-3H3. The van der Waals surface area contributed by atoms with Gasteiger partial charge in [0, 0.05) is 11.7 Å². The van der Waals surface area contributed by atoms with E-state index < -0.39 is 0 Å². The summed E-state index contributed by atoms with van der Waals surface area (Å²) in [7, 11) is 0. The average molecular weight is 256 g/mol. The molecule has 0 unspecified atom stereocenters. The third-order valence-corrected chi connectivity index (χ3v) is 3.05. The summed E-state index contributed by atoms with van der Waals surface area (Å²) in [5.41, 5.74) is 1.06. The van der Waals surface area contributed by atoms with E-state index in [0.717, 1.165) is 30.7 Å². The SMILES string of the molecule is CCCOc1ccc(NC(CC)CC)cc1Cl. The van der Waals surface area contributed by atoms with Gasteiger partial charge in [-0.2, -0.15) is 0 Å². The summed E-state index contributed by atoms with van der Waals surface area (Å²) in [6.07, 6.45) is 3.22. The van der Waals surface area contributed by atoms with Gasteiger partial charge in [0.25, 0.3) is 0 Å². The van der Waals surface area contributed by atoms with Crippen molar-refractivity contribution >= 4 is 17.3 Å². The smallest absolute Gasteiger partial charge is 0.138 e. The molecule has 0 heterocycles. The Bertz CT molecular complexity index is 337. The molecule has 0 radical (unpaired) electrons. The molecular formula is C14H22ClNO. The summed E-state index contributed by atoms with van der Waals surface area (Å²) in [6.45, 7) is 7.15. The minimum atomic E-state index is 0.508. The zero-order valence-corrected chi connectivity index (χ0v) is 11.7. The van der Waals surface area contributed by atoms with Crippen LogP contribution in [-0.2, 0) is 0 Å². The van der Waals surface area contributed by atoms with Gasteiger partial charge in [0.2, 0.25) is 0 Å². The summed E-state index contributed by atoms with van der Waals surface area (Å²) < 4.78 is 5.54. The predicted octanol–water partition coefficient (Wildman–Crippen LogP) is 4.73. The van der Waals surface area contributed by atoms with E-state index in [9.17, 15) is 0 Å². The molecule has 3 heteroatoms. The molecule has 96 valence electrons. The Hall–Kier alpha value is -0.890. The molecule has 0 bridgehead atoms. The van der Waals surface area contributed by atoms with Crippen molar-refractivity contribution in [2.75, 3.05) is 11.9 Å². The molecule has 0 aliphatic carbocycles. The molecule has 0 saturated heterocycles. The van der Waals surface area contributed by atoms with E-state index in [0.29, 0.717) is 17.7 Å². The maximum atomic E-state index is 6.17. The number of nitrogens with one attached hydrogen (secondary N) is 1. The molecule has 0 fully saturated rings. The molecule has 1 aromatic carbocycles. The first-order valence-corrected chi connectivity index (χ1v) is 6.77. The van der Waals surface area contributed by atoms with Crippen LogP contribution in [-0.4, -0.2) is 12.6 Å². The Labute approximate surface area is 109 Å². The van der Waals surface area contributed by atoms with Crippen LogP contribution in [0.15, 0.2) is 18.2 Å². The molecule has 17 heavy (non-hydrogen) atoms. The molecule has 0 aromatic heterocycles. The molecule has 1 rings (SSSR count). The van der Waals surface area contributed by atoms with Gasteiger partial charge in [-0.05, 0) is 37.5 Å². The molecule has 0 atom stereocenters. The van der Waals surface area contributed by atoms with E-state index in [-0.39, 0.29) is 0 Å². The molecule has 0 aliphatic rings. The number of rotatable bonds is 7. The number of halogens is 1. The number of benzene rings is 1. The van der Waals surface area contributed by atoms with Crippen LogP contribution >= 0.6 is 11.6 Å². The number of hydrogen-bond acceptors (Lipinski definition) is 2. The van der Waals surface area contributed by atoms with Gasteiger partial charge in [0.15, 0.2) is 0 Å². The lowest BCUT2D eigenvalue weighted by atomic mass is 10.1. The molecular weight excluding hydrogens is 234 g/mol. The van der Waals surface area contributed by atoms with Crippen LogP contribution in [0.4, 0.5) is 5.69 Å². The first kappa shape index (κ1) is 14.2. The van der Waals surface area contributed by atoms with Crippen LogP contribution in [0.1, 0.15) is 40.0 Å². The van der Waals surface area contributed by atoms with E-state index in [1.54, 1.807) is 0 Å². The second-order valence-electron chi connectivity index (χ2n) is 4.15. The Kier molecular flexibility index (Phi) is 6.20. The highest BCUT2D eigenvalue weighted by atomic mass is 35.5. The van der Waals surface area contributed by atoms with E-state index in [4.69, 9.17) is 16.3 Å². The third-order valence-electron chi connectivity index (χ3n) is 2.75. The van der Waals surface area contributed by atoms with Crippen LogP contribution in [0.3, 0.4) is 0 Å². The zero-order chi connectivity index (χ0) is 12.7. The van der Waals surface area contributed by atoms with E-state index in [1.165, 1.54) is 0 Å². The number of ether oxygens (including phenoxy) is 1. The van der Waals surface area contributed by atoms with Crippen LogP contribution in [0.2, 0.25) is 5.02 Å². The maximum absolute atomic E-state index is 6.17. The van der Waals surface area contributed by atoms with Crippen LogP contribution < -0.4 is 10.1 Å². The predicted molar refractivity (Wildman–Crippen MR) is 75.2 cm³/mol. The Morgan fingerprint density at radius 3 is 2.47 bits per heavy atom. The average Bonchev–Trinajstić information content (AvgIpc) is 2.35. The van der Waals surface area contributed by atoms with Crippen molar-refractivity contribution in [2.45, 2.75) is 46.1 Å². The second-order valence-corrected chi connectivity index (χ2v) is 4.56. The van der Waals surface area contributed by atoms with Crippen LogP contribution in [0, 0.1) is 0 Å². The number of anilines is 1. The highest BCUT2D eigenvalue weighted by Crippen LogP contribution is 2.28. The van der Waals surface area contributed by atoms with Crippen molar-refractivity contribution in [2.24, 2.45) is 0 Å². The van der Waals surface area contributed by atoms with Crippen molar-refractivity contribution in [3.63, 3.8) is 0 Å². The molecule has 1 aromatic rings. The van der Waals surface area contributed by atoms with Gasteiger partial charge in [-0.15, -0.1) is 0 Å². The molecule has 0 aliphatic heterocycles. The minimum absolute atomic E-state index is 0.508. The molecule has 0 saturated carbocycles. The van der Waals surface area contributed by atoms with Gasteiger partial charge in [-0.25, -0.2) is 0 Å². The lowest BCUT2D eigenvalue weighted by Gasteiger charge is -2.17. The normalized spacial score (nSPS) is 10.6. The third kappa shape index (κ3) is 4.47. The number of hydrogen-bond donors (Lipinski definition) is 1. The summed E-state index contributed by atoms with van der Waals surface area (Å²) in [4.78, 5) is 0. The van der Waals surface area contributed by atoms with Gasteiger partial charge in [0.05, 0.1) is 11.6 Å². The van der Waals surface area contributed by atoms with Gasteiger partial charge in [-0.3, -0.25) is 0 Å². The summed E-state index contributed by atoms with van der Waals surface area (Å²) >= 11 is 6.17. The van der Waals surface area contributed by atoms with Crippen molar-refractivity contribution in [1.82, 2.24) is 0 Å². The van der Waals surface area contributed by atoms with Crippen LogP contribution in [0.25, 0.3) is 0 Å².